The molecule has 3 aromatic rings. The van der Waals surface area contributed by atoms with Crippen LogP contribution >= 0.6 is 0 Å². The van der Waals surface area contributed by atoms with Gasteiger partial charge in [-0.05, 0) is 60.7 Å². The lowest BCUT2D eigenvalue weighted by Crippen LogP contribution is -2.51. The van der Waals surface area contributed by atoms with Gasteiger partial charge in [-0.25, -0.2) is 4.79 Å². The molecule has 0 saturated carbocycles. The fourth-order valence-corrected chi connectivity index (χ4v) is 4.34. The number of benzene rings is 3. The van der Waals surface area contributed by atoms with E-state index in [1.807, 2.05) is 56.3 Å². The van der Waals surface area contributed by atoms with Crippen LogP contribution in [-0.2, 0) is 27.5 Å². The molecule has 0 fully saturated rings. The molecule has 3 amide bonds. The smallest absolute Gasteiger partial charge is 0.408 e. The second kappa shape index (κ2) is 16.6. The van der Waals surface area contributed by atoms with E-state index in [0.29, 0.717) is 48.8 Å². The number of nitrogens with zero attached hydrogens (tertiary/aromatic N) is 1. The first-order valence-corrected chi connectivity index (χ1v) is 14.2. The number of primary amides is 1. The van der Waals surface area contributed by atoms with Crippen molar-refractivity contribution in [3.63, 3.8) is 0 Å². The number of rotatable bonds is 16. The average molecular weight is 592 g/mol. The fourth-order valence-electron chi connectivity index (χ4n) is 4.34. The van der Waals surface area contributed by atoms with Gasteiger partial charge in [-0.2, -0.15) is 0 Å². The van der Waals surface area contributed by atoms with Gasteiger partial charge in [0.25, 0.3) is 0 Å². The summed E-state index contributed by atoms with van der Waals surface area (Å²) < 4.78 is 22.2. The van der Waals surface area contributed by atoms with Gasteiger partial charge in [-0.3, -0.25) is 9.59 Å². The summed E-state index contributed by atoms with van der Waals surface area (Å²) in [5, 5.41) is 2.77. The Hall–Kier alpha value is -4.73. The van der Waals surface area contributed by atoms with Crippen molar-refractivity contribution >= 4 is 23.6 Å². The van der Waals surface area contributed by atoms with Gasteiger partial charge in [0, 0.05) is 23.7 Å². The fraction of sp³-hybridized carbons (Fsp3) is 0.364. The van der Waals surface area contributed by atoms with Crippen LogP contribution in [0.15, 0.2) is 72.8 Å². The Morgan fingerprint density at radius 2 is 1.58 bits per heavy atom. The van der Waals surface area contributed by atoms with Crippen molar-refractivity contribution in [2.45, 2.75) is 52.3 Å². The van der Waals surface area contributed by atoms with Gasteiger partial charge in [-0.1, -0.05) is 44.2 Å². The maximum atomic E-state index is 14.1. The largest absolute Gasteiger partial charge is 0.497 e. The molecule has 3 N–H and O–H groups in total. The molecule has 0 saturated heterocycles. The van der Waals surface area contributed by atoms with E-state index in [2.05, 4.69) is 5.32 Å². The van der Waals surface area contributed by atoms with E-state index in [1.54, 1.807) is 49.5 Å². The number of ether oxygens (including phenoxy) is 4. The van der Waals surface area contributed by atoms with Crippen LogP contribution in [0.4, 0.5) is 10.5 Å². The molecule has 0 aliphatic rings. The van der Waals surface area contributed by atoms with Gasteiger partial charge in [0.2, 0.25) is 11.8 Å². The highest BCUT2D eigenvalue weighted by Crippen LogP contribution is 2.29. The highest BCUT2D eigenvalue weighted by molar-refractivity contribution is 5.99. The molecular formula is C33H41N3O7. The second-order valence-electron chi connectivity index (χ2n) is 10.3. The molecule has 10 nitrogen and oxygen atoms in total. The summed E-state index contributed by atoms with van der Waals surface area (Å²) in [7, 11) is 3.13. The van der Waals surface area contributed by atoms with Gasteiger partial charge in [0.15, 0.2) is 0 Å². The van der Waals surface area contributed by atoms with Gasteiger partial charge in [0.1, 0.15) is 29.9 Å². The van der Waals surface area contributed by atoms with E-state index < -0.39 is 12.1 Å². The Kier molecular flexibility index (Phi) is 12.7. The van der Waals surface area contributed by atoms with E-state index >= 15 is 0 Å². The number of nitrogens with one attached hydrogen (secondary N) is 1. The Morgan fingerprint density at radius 3 is 2.21 bits per heavy atom. The first kappa shape index (κ1) is 32.8. The Labute approximate surface area is 253 Å². The Morgan fingerprint density at radius 1 is 0.884 bits per heavy atom. The highest BCUT2D eigenvalue weighted by atomic mass is 16.5. The lowest BCUT2D eigenvalue weighted by molar-refractivity contribution is -0.121. The standard InChI is InChI=1S/C33H41N3O7/c1-23(2)31(35-33(39)43-22-24-10-6-5-7-11-24)32(38)36(26-14-17-27(40-3)18-15-26)21-25-13-16-28(20-29(25)41-4)42-19-9-8-12-30(34)37/h5-7,10-11,13-18,20,23,31H,8-9,12,19,21-22H2,1-4H3,(H2,34,37)(H,35,39)/t31-/m0/s1. The van der Waals surface area contributed by atoms with Gasteiger partial charge in [0.05, 0.1) is 27.4 Å². The predicted molar refractivity (Wildman–Crippen MR) is 164 cm³/mol. The van der Waals surface area contributed by atoms with E-state index in [9.17, 15) is 14.4 Å². The van der Waals surface area contributed by atoms with Crippen molar-refractivity contribution in [1.29, 1.82) is 0 Å². The van der Waals surface area contributed by atoms with Crippen molar-refractivity contribution in [2.24, 2.45) is 11.7 Å². The van der Waals surface area contributed by atoms with E-state index in [4.69, 9.17) is 24.7 Å². The van der Waals surface area contributed by atoms with Crippen LogP contribution in [-0.4, -0.2) is 44.8 Å². The van der Waals surface area contributed by atoms with Crippen molar-refractivity contribution < 1.29 is 33.3 Å². The molecule has 0 heterocycles. The summed E-state index contributed by atoms with van der Waals surface area (Å²) >= 11 is 0. The van der Waals surface area contributed by atoms with Crippen molar-refractivity contribution in [2.75, 3.05) is 25.7 Å². The molecule has 43 heavy (non-hydrogen) atoms. The summed E-state index contributed by atoms with van der Waals surface area (Å²) in [4.78, 5) is 39.4. The molecule has 0 radical (unpaired) electrons. The zero-order valence-corrected chi connectivity index (χ0v) is 25.2. The van der Waals surface area contributed by atoms with Crippen molar-refractivity contribution in [3.8, 4) is 17.2 Å². The highest BCUT2D eigenvalue weighted by Gasteiger charge is 2.31. The maximum absolute atomic E-state index is 14.1. The zero-order valence-electron chi connectivity index (χ0n) is 25.2. The summed E-state index contributed by atoms with van der Waals surface area (Å²) in [6.07, 6.45) is 0.969. The van der Waals surface area contributed by atoms with E-state index in [-0.39, 0.29) is 30.9 Å². The van der Waals surface area contributed by atoms with Gasteiger partial charge in [-0.15, -0.1) is 0 Å². The number of hydrogen-bond acceptors (Lipinski definition) is 7. The molecule has 230 valence electrons. The van der Waals surface area contributed by atoms with Gasteiger partial charge >= 0.3 is 6.09 Å². The quantitative estimate of drug-likeness (QED) is 0.219. The van der Waals surface area contributed by atoms with E-state index in [0.717, 1.165) is 11.1 Å². The third kappa shape index (κ3) is 10.2. The second-order valence-corrected chi connectivity index (χ2v) is 10.3. The summed E-state index contributed by atoms with van der Waals surface area (Å²) in [6, 6.07) is 21.0. The number of methoxy groups -OCH3 is 2. The number of carbonyl (C=O) groups excluding carboxylic acids is 3. The molecule has 0 bridgehead atoms. The van der Waals surface area contributed by atoms with Crippen molar-refractivity contribution in [1.82, 2.24) is 5.32 Å². The average Bonchev–Trinajstić information content (AvgIpc) is 3.01. The third-order valence-corrected chi connectivity index (χ3v) is 6.74. The predicted octanol–water partition coefficient (Wildman–Crippen LogP) is 5.22. The lowest BCUT2D eigenvalue weighted by Gasteiger charge is -2.30. The topological polar surface area (TPSA) is 129 Å². The van der Waals surface area contributed by atoms with Crippen LogP contribution in [0.25, 0.3) is 0 Å². The normalized spacial score (nSPS) is 11.4. The summed E-state index contributed by atoms with van der Waals surface area (Å²) in [6.45, 7) is 4.40. The molecule has 0 spiro atoms. The molecule has 0 aliphatic heterocycles. The molecule has 3 aromatic carbocycles. The number of carbonyl (C=O) groups is 3. The first-order chi connectivity index (χ1) is 20.7. The van der Waals surface area contributed by atoms with Crippen LogP contribution in [0.1, 0.15) is 44.2 Å². The van der Waals surface area contributed by atoms with Crippen LogP contribution in [0, 0.1) is 5.92 Å². The van der Waals surface area contributed by atoms with Crippen LogP contribution in [0.2, 0.25) is 0 Å². The van der Waals surface area contributed by atoms with Crippen LogP contribution < -0.4 is 30.2 Å². The number of unbranched alkanes of at least 4 members (excludes halogenated alkanes) is 1. The third-order valence-electron chi connectivity index (χ3n) is 6.74. The van der Waals surface area contributed by atoms with Crippen molar-refractivity contribution in [3.05, 3.63) is 83.9 Å². The molecule has 3 rings (SSSR count). The SMILES string of the molecule is COc1ccc(N(Cc2ccc(OCCCCC(N)=O)cc2OC)C(=O)[C@@H](NC(=O)OCc2ccccc2)C(C)C)cc1. The van der Waals surface area contributed by atoms with E-state index in [1.165, 1.54) is 0 Å². The number of alkyl carbamates (subject to hydrolysis) is 1. The van der Waals surface area contributed by atoms with Crippen LogP contribution in [0.3, 0.4) is 0 Å². The minimum atomic E-state index is -0.862. The maximum Gasteiger partial charge on any atom is 0.408 e. The number of nitrogens with two attached hydrogens (primary N) is 1. The lowest BCUT2D eigenvalue weighted by atomic mass is 10.0. The van der Waals surface area contributed by atoms with Crippen LogP contribution in [0.5, 0.6) is 17.2 Å². The monoisotopic (exact) mass is 591 g/mol. The molecular weight excluding hydrogens is 550 g/mol. The molecule has 0 aliphatic carbocycles. The van der Waals surface area contributed by atoms with Gasteiger partial charge < -0.3 is 34.9 Å². The summed E-state index contributed by atoms with van der Waals surface area (Å²) in [5.41, 5.74) is 7.39. The molecule has 0 unspecified atom stereocenters. The molecule has 0 aromatic heterocycles. The number of anilines is 1. The molecule has 1 atom stereocenters. The summed E-state index contributed by atoms with van der Waals surface area (Å²) in [5.74, 6) is 0.913. The number of hydrogen-bond donors (Lipinski definition) is 2. The Bertz CT molecular complexity index is 1330. The number of amides is 3. The Balaban J connectivity index is 1.80. The zero-order chi connectivity index (χ0) is 31.2. The minimum Gasteiger partial charge on any atom is -0.497 e. The molecule has 10 heteroatoms. The minimum absolute atomic E-state index is 0.0879. The first-order valence-electron chi connectivity index (χ1n) is 14.2.